The fraction of sp³-hybridized carbons (Fsp3) is 0.545. The third kappa shape index (κ3) is 4.08. The molecule has 0 spiro atoms. The van der Waals surface area contributed by atoms with Crippen LogP contribution < -0.4 is 0 Å². The van der Waals surface area contributed by atoms with E-state index in [2.05, 4.69) is 10.2 Å². The summed E-state index contributed by atoms with van der Waals surface area (Å²) in [6, 6.07) is 1.38. The number of carbonyl (C=O) groups is 2. The van der Waals surface area contributed by atoms with E-state index in [1.165, 1.54) is 11.0 Å². The van der Waals surface area contributed by atoms with Crippen molar-refractivity contribution in [3.63, 3.8) is 0 Å². The van der Waals surface area contributed by atoms with Gasteiger partial charge in [-0.05, 0) is 26.8 Å². The number of carboxylic acids is 1. The standard InChI is InChI=1S/C11H17N3O4/c1-11(2,3)18-10(17)14(4)6-7-5-8(9(15)16)13-12-7/h5H,6H2,1-4H3,(H,12,13)(H,15,16). The summed E-state index contributed by atoms with van der Waals surface area (Å²) < 4.78 is 5.16. The normalized spacial score (nSPS) is 11.1. The van der Waals surface area contributed by atoms with Gasteiger partial charge in [-0.3, -0.25) is 5.10 Å². The van der Waals surface area contributed by atoms with E-state index < -0.39 is 17.7 Å². The molecule has 2 N–H and O–H groups in total. The van der Waals surface area contributed by atoms with Gasteiger partial charge in [0.15, 0.2) is 0 Å². The molecule has 0 aliphatic carbocycles. The van der Waals surface area contributed by atoms with Crippen LogP contribution in [0.3, 0.4) is 0 Å². The second kappa shape index (κ2) is 5.07. The molecule has 0 saturated carbocycles. The minimum Gasteiger partial charge on any atom is -0.477 e. The lowest BCUT2D eigenvalue weighted by Gasteiger charge is -2.24. The SMILES string of the molecule is CN(Cc1cc(C(=O)O)[nH]n1)C(=O)OC(C)(C)C. The predicted octanol–water partition coefficient (Wildman–Crippen LogP) is 1.47. The molecule has 1 aromatic rings. The Kier molecular flexibility index (Phi) is 3.95. The number of ether oxygens (including phenoxy) is 1. The first-order valence-corrected chi connectivity index (χ1v) is 5.41. The number of nitrogens with zero attached hydrogens (tertiary/aromatic N) is 2. The fourth-order valence-corrected chi connectivity index (χ4v) is 1.20. The van der Waals surface area contributed by atoms with Crippen LogP contribution in [0.15, 0.2) is 6.07 Å². The van der Waals surface area contributed by atoms with Crippen molar-refractivity contribution in [2.24, 2.45) is 0 Å². The average Bonchev–Trinajstić information content (AvgIpc) is 2.63. The maximum Gasteiger partial charge on any atom is 0.410 e. The van der Waals surface area contributed by atoms with Crippen LogP contribution in [0.4, 0.5) is 4.79 Å². The van der Waals surface area contributed by atoms with E-state index in [0.29, 0.717) is 5.69 Å². The molecular formula is C11H17N3O4. The first kappa shape index (κ1) is 14.0. The summed E-state index contributed by atoms with van der Waals surface area (Å²) in [4.78, 5) is 23.6. The summed E-state index contributed by atoms with van der Waals surface area (Å²) in [6.07, 6.45) is -0.484. The van der Waals surface area contributed by atoms with Crippen LogP contribution in [0.2, 0.25) is 0 Å². The molecule has 0 aliphatic heterocycles. The maximum absolute atomic E-state index is 11.7. The second-order valence-corrected chi connectivity index (χ2v) is 4.91. The van der Waals surface area contributed by atoms with Crippen molar-refractivity contribution in [3.8, 4) is 0 Å². The van der Waals surface area contributed by atoms with Crippen LogP contribution in [-0.2, 0) is 11.3 Å². The monoisotopic (exact) mass is 255 g/mol. The minimum absolute atomic E-state index is 0.0115. The fourth-order valence-electron chi connectivity index (χ4n) is 1.20. The number of carboxylic acid groups (broad SMARTS) is 1. The Morgan fingerprint density at radius 1 is 1.50 bits per heavy atom. The summed E-state index contributed by atoms with van der Waals surface area (Å²) >= 11 is 0. The molecule has 1 aromatic heterocycles. The topological polar surface area (TPSA) is 95.5 Å². The van der Waals surface area contributed by atoms with Crippen molar-refractivity contribution >= 4 is 12.1 Å². The molecule has 0 saturated heterocycles. The molecule has 1 rings (SSSR count). The van der Waals surface area contributed by atoms with Crippen LogP contribution in [-0.4, -0.2) is 44.9 Å². The van der Waals surface area contributed by atoms with Gasteiger partial charge in [0.25, 0.3) is 0 Å². The summed E-state index contributed by atoms with van der Waals surface area (Å²) in [5, 5.41) is 14.9. The van der Waals surface area contributed by atoms with Gasteiger partial charge in [0.05, 0.1) is 12.2 Å². The lowest BCUT2D eigenvalue weighted by atomic mass is 10.2. The highest BCUT2D eigenvalue weighted by molar-refractivity contribution is 5.85. The van der Waals surface area contributed by atoms with Gasteiger partial charge in [-0.1, -0.05) is 0 Å². The number of carbonyl (C=O) groups excluding carboxylic acids is 1. The van der Waals surface area contributed by atoms with Crippen LogP contribution in [0.1, 0.15) is 37.0 Å². The molecule has 18 heavy (non-hydrogen) atoms. The van der Waals surface area contributed by atoms with E-state index >= 15 is 0 Å². The summed E-state index contributed by atoms with van der Waals surface area (Å²) in [5.41, 5.74) is -0.119. The molecule has 0 unspecified atom stereocenters. The molecule has 0 aromatic carbocycles. The summed E-state index contributed by atoms with van der Waals surface area (Å²) in [5.74, 6) is -1.09. The quantitative estimate of drug-likeness (QED) is 0.852. The number of H-pyrrole nitrogens is 1. The van der Waals surface area contributed by atoms with Crippen molar-refractivity contribution in [1.29, 1.82) is 0 Å². The van der Waals surface area contributed by atoms with E-state index in [-0.39, 0.29) is 12.2 Å². The Labute approximate surface area is 105 Å². The van der Waals surface area contributed by atoms with Crippen LogP contribution >= 0.6 is 0 Å². The lowest BCUT2D eigenvalue weighted by molar-refractivity contribution is 0.0283. The van der Waals surface area contributed by atoms with Crippen LogP contribution in [0.25, 0.3) is 0 Å². The molecule has 0 atom stereocenters. The zero-order valence-electron chi connectivity index (χ0n) is 10.9. The zero-order chi connectivity index (χ0) is 13.9. The number of hydrogen-bond acceptors (Lipinski definition) is 4. The molecule has 7 nitrogen and oxygen atoms in total. The van der Waals surface area contributed by atoms with E-state index in [4.69, 9.17) is 9.84 Å². The molecule has 0 radical (unpaired) electrons. The van der Waals surface area contributed by atoms with Gasteiger partial charge in [-0.15, -0.1) is 0 Å². The summed E-state index contributed by atoms with van der Waals surface area (Å²) in [6.45, 7) is 5.50. The third-order valence-corrected chi connectivity index (χ3v) is 1.97. The molecular weight excluding hydrogens is 238 g/mol. The van der Waals surface area contributed by atoms with Crippen LogP contribution in [0, 0.1) is 0 Å². The number of amides is 1. The Bertz CT molecular complexity index is 447. The van der Waals surface area contributed by atoms with Crippen molar-refractivity contribution in [2.45, 2.75) is 32.9 Å². The maximum atomic E-state index is 11.7. The van der Waals surface area contributed by atoms with Gasteiger partial charge in [0, 0.05) is 7.05 Å². The first-order chi connectivity index (χ1) is 8.19. The van der Waals surface area contributed by atoms with Crippen molar-refractivity contribution in [2.75, 3.05) is 7.05 Å². The van der Waals surface area contributed by atoms with Crippen molar-refractivity contribution < 1.29 is 19.4 Å². The number of aromatic amines is 1. The number of hydrogen-bond donors (Lipinski definition) is 2. The van der Waals surface area contributed by atoms with Crippen molar-refractivity contribution in [1.82, 2.24) is 15.1 Å². The molecule has 0 bridgehead atoms. The molecule has 1 heterocycles. The highest BCUT2D eigenvalue weighted by Gasteiger charge is 2.20. The van der Waals surface area contributed by atoms with E-state index in [1.807, 2.05) is 0 Å². The highest BCUT2D eigenvalue weighted by Crippen LogP contribution is 2.11. The van der Waals surface area contributed by atoms with E-state index in [0.717, 1.165) is 0 Å². The van der Waals surface area contributed by atoms with Gasteiger partial charge in [-0.2, -0.15) is 5.10 Å². The van der Waals surface area contributed by atoms with E-state index in [1.54, 1.807) is 27.8 Å². The number of nitrogens with one attached hydrogen (secondary N) is 1. The summed E-state index contributed by atoms with van der Waals surface area (Å²) in [7, 11) is 1.56. The lowest BCUT2D eigenvalue weighted by Crippen LogP contribution is -2.33. The Morgan fingerprint density at radius 2 is 2.11 bits per heavy atom. The third-order valence-electron chi connectivity index (χ3n) is 1.97. The van der Waals surface area contributed by atoms with Gasteiger partial charge < -0.3 is 14.7 Å². The van der Waals surface area contributed by atoms with E-state index in [9.17, 15) is 9.59 Å². The Balaban J connectivity index is 2.61. The largest absolute Gasteiger partial charge is 0.477 e. The Hall–Kier alpha value is -2.05. The van der Waals surface area contributed by atoms with Gasteiger partial charge in [0.2, 0.25) is 0 Å². The minimum atomic E-state index is -1.09. The van der Waals surface area contributed by atoms with Crippen molar-refractivity contribution in [3.05, 3.63) is 17.5 Å². The zero-order valence-corrected chi connectivity index (χ0v) is 10.9. The molecule has 7 heteroatoms. The Morgan fingerprint density at radius 3 is 2.56 bits per heavy atom. The predicted molar refractivity (Wildman–Crippen MR) is 63.2 cm³/mol. The van der Waals surface area contributed by atoms with Gasteiger partial charge >= 0.3 is 12.1 Å². The second-order valence-electron chi connectivity index (χ2n) is 4.91. The molecule has 0 fully saturated rings. The van der Waals surface area contributed by atoms with Crippen LogP contribution in [0.5, 0.6) is 0 Å². The average molecular weight is 255 g/mol. The van der Waals surface area contributed by atoms with Gasteiger partial charge in [0.1, 0.15) is 11.3 Å². The number of aromatic carboxylic acids is 1. The molecule has 0 aliphatic rings. The molecule has 100 valence electrons. The number of aromatic nitrogens is 2. The highest BCUT2D eigenvalue weighted by atomic mass is 16.6. The molecule has 1 amide bonds. The first-order valence-electron chi connectivity index (χ1n) is 5.41. The van der Waals surface area contributed by atoms with Gasteiger partial charge in [-0.25, -0.2) is 9.59 Å². The number of rotatable bonds is 3. The smallest absolute Gasteiger partial charge is 0.410 e.